The molecular weight excluding hydrogens is 324 g/mol. The quantitative estimate of drug-likeness (QED) is 0.881. The molecule has 1 aromatic rings. The molecule has 0 saturated heterocycles. The van der Waals surface area contributed by atoms with Crippen molar-refractivity contribution in [2.45, 2.75) is 57.0 Å². The van der Waals surface area contributed by atoms with Crippen LogP contribution in [0.3, 0.4) is 0 Å². The van der Waals surface area contributed by atoms with Crippen molar-refractivity contribution in [3.8, 4) is 0 Å². The number of anilines is 1. The highest BCUT2D eigenvalue weighted by Crippen LogP contribution is 2.62. The Morgan fingerprint density at radius 2 is 2.00 bits per heavy atom. The fourth-order valence-electron chi connectivity index (χ4n) is 5.49. The molecule has 126 valence electrons. The van der Waals surface area contributed by atoms with Gasteiger partial charge in [-0.1, -0.05) is 11.3 Å². The average Bonchev–Trinajstić information content (AvgIpc) is 2.83. The molecule has 4 aliphatic rings. The van der Waals surface area contributed by atoms with Crippen LogP contribution in [0.1, 0.15) is 56.4 Å². The molecule has 2 N–H and O–H groups in total. The lowest BCUT2D eigenvalue weighted by Crippen LogP contribution is -2.56. The lowest BCUT2D eigenvalue weighted by Gasteiger charge is -2.60. The molecular formula is C15H19F2N3O2S. The van der Waals surface area contributed by atoms with Crippen molar-refractivity contribution in [1.82, 2.24) is 10.2 Å². The first-order valence-corrected chi connectivity index (χ1v) is 8.80. The summed E-state index contributed by atoms with van der Waals surface area (Å²) in [5.41, 5.74) is -0.741. The molecule has 0 aliphatic heterocycles. The van der Waals surface area contributed by atoms with E-state index in [2.05, 4.69) is 15.5 Å². The maximum atomic E-state index is 12.5. The molecule has 4 saturated carbocycles. The number of aliphatic hydroxyl groups is 1. The second kappa shape index (κ2) is 5.17. The Hall–Kier alpha value is -1.15. The van der Waals surface area contributed by atoms with E-state index in [0.717, 1.165) is 25.7 Å². The number of aromatic nitrogens is 2. The lowest BCUT2D eigenvalue weighted by atomic mass is 9.47. The topological polar surface area (TPSA) is 75.1 Å². The maximum Gasteiger partial charge on any atom is 0.291 e. The summed E-state index contributed by atoms with van der Waals surface area (Å²) < 4.78 is 25.0. The summed E-state index contributed by atoms with van der Waals surface area (Å²) >= 11 is 0.707. The van der Waals surface area contributed by atoms with Gasteiger partial charge in [-0.3, -0.25) is 4.79 Å². The third-order valence-electron chi connectivity index (χ3n) is 5.56. The SMILES string of the molecule is O=C(CC12CC3CC(CC(O)(C3)C1)C2)Nc1nnc(C(F)F)s1. The predicted octanol–water partition coefficient (Wildman–Crippen LogP) is 3.14. The fourth-order valence-corrected chi connectivity index (χ4v) is 6.10. The zero-order valence-corrected chi connectivity index (χ0v) is 13.4. The van der Waals surface area contributed by atoms with Crippen molar-refractivity contribution in [2.24, 2.45) is 17.3 Å². The first-order valence-electron chi connectivity index (χ1n) is 7.99. The van der Waals surface area contributed by atoms with Crippen LogP contribution in [0.25, 0.3) is 0 Å². The molecule has 5 nitrogen and oxygen atoms in total. The molecule has 5 rings (SSSR count). The van der Waals surface area contributed by atoms with Gasteiger partial charge in [0.2, 0.25) is 11.0 Å². The second-order valence-corrected chi connectivity index (χ2v) is 8.67. The molecule has 0 radical (unpaired) electrons. The number of amides is 1. The Kier molecular flexibility index (Phi) is 3.46. The summed E-state index contributed by atoms with van der Waals surface area (Å²) in [6.07, 6.45) is 3.19. The van der Waals surface area contributed by atoms with Crippen LogP contribution in [0.2, 0.25) is 0 Å². The van der Waals surface area contributed by atoms with Gasteiger partial charge < -0.3 is 10.4 Å². The Morgan fingerprint density at radius 1 is 1.30 bits per heavy atom. The number of halogens is 2. The minimum atomic E-state index is -2.67. The number of hydrogen-bond acceptors (Lipinski definition) is 5. The number of rotatable bonds is 4. The van der Waals surface area contributed by atoms with E-state index in [-0.39, 0.29) is 21.5 Å². The molecule has 2 unspecified atom stereocenters. The van der Waals surface area contributed by atoms with Gasteiger partial charge in [-0.2, -0.15) is 0 Å². The zero-order valence-electron chi connectivity index (χ0n) is 12.6. The van der Waals surface area contributed by atoms with E-state index in [4.69, 9.17) is 0 Å². The van der Waals surface area contributed by atoms with Crippen LogP contribution in [0.15, 0.2) is 0 Å². The van der Waals surface area contributed by atoms with Crippen LogP contribution >= 0.6 is 11.3 Å². The molecule has 8 heteroatoms. The van der Waals surface area contributed by atoms with Gasteiger partial charge in [0, 0.05) is 6.42 Å². The van der Waals surface area contributed by atoms with Gasteiger partial charge in [-0.25, -0.2) is 8.78 Å². The maximum absolute atomic E-state index is 12.5. The molecule has 1 aromatic heterocycles. The van der Waals surface area contributed by atoms with E-state index in [1.54, 1.807) is 0 Å². The number of nitrogens with one attached hydrogen (secondary N) is 1. The van der Waals surface area contributed by atoms with Crippen molar-refractivity contribution in [1.29, 1.82) is 0 Å². The van der Waals surface area contributed by atoms with E-state index >= 15 is 0 Å². The first-order chi connectivity index (χ1) is 10.8. The molecule has 4 aliphatic carbocycles. The molecule has 23 heavy (non-hydrogen) atoms. The Morgan fingerprint density at radius 3 is 2.57 bits per heavy atom. The highest BCUT2D eigenvalue weighted by atomic mass is 32.1. The highest BCUT2D eigenvalue weighted by molar-refractivity contribution is 7.15. The fraction of sp³-hybridized carbons (Fsp3) is 0.800. The van der Waals surface area contributed by atoms with Gasteiger partial charge in [0.1, 0.15) is 0 Å². The minimum Gasteiger partial charge on any atom is -0.390 e. The lowest BCUT2D eigenvalue weighted by molar-refractivity contribution is -0.167. The normalized spacial score (nSPS) is 38.3. The first kappa shape index (κ1) is 15.4. The monoisotopic (exact) mass is 343 g/mol. The predicted molar refractivity (Wildman–Crippen MR) is 80.2 cm³/mol. The molecule has 4 bridgehead atoms. The molecule has 1 heterocycles. The van der Waals surface area contributed by atoms with Crippen molar-refractivity contribution in [3.63, 3.8) is 0 Å². The van der Waals surface area contributed by atoms with Crippen LogP contribution in [0.5, 0.6) is 0 Å². The van der Waals surface area contributed by atoms with E-state index in [0.29, 0.717) is 36.0 Å². The van der Waals surface area contributed by atoms with Crippen LogP contribution in [-0.2, 0) is 4.79 Å². The number of alkyl halides is 2. The summed E-state index contributed by atoms with van der Waals surface area (Å²) in [5.74, 6) is 0.814. The van der Waals surface area contributed by atoms with Gasteiger partial charge in [-0.15, -0.1) is 10.2 Å². The van der Waals surface area contributed by atoms with Crippen molar-refractivity contribution in [3.05, 3.63) is 5.01 Å². The van der Waals surface area contributed by atoms with Gasteiger partial charge in [0.15, 0.2) is 5.01 Å². The van der Waals surface area contributed by atoms with Crippen molar-refractivity contribution >= 4 is 22.4 Å². The van der Waals surface area contributed by atoms with Crippen LogP contribution in [0.4, 0.5) is 13.9 Å². The van der Waals surface area contributed by atoms with E-state index in [9.17, 15) is 18.7 Å². The minimum absolute atomic E-state index is 0.119. The van der Waals surface area contributed by atoms with Gasteiger partial charge in [0.05, 0.1) is 5.60 Å². The molecule has 0 aromatic carbocycles. The smallest absolute Gasteiger partial charge is 0.291 e. The van der Waals surface area contributed by atoms with Crippen LogP contribution < -0.4 is 5.32 Å². The zero-order chi connectivity index (χ0) is 16.2. The molecule has 4 fully saturated rings. The van der Waals surface area contributed by atoms with Crippen LogP contribution in [-0.4, -0.2) is 26.8 Å². The number of carbonyl (C=O) groups is 1. The summed E-state index contributed by atoms with van der Waals surface area (Å²) in [4.78, 5) is 12.3. The second-order valence-electron chi connectivity index (χ2n) is 7.66. The number of carbonyl (C=O) groups excluding carboxylic acids is 1. The van der Waals surface area contributed by atoms with E-state index in [1.807, 2.05) is 0 Å². The Labute approximate surface area is 136 Å². The summed E-state index contributed by atoms with van der Waals surface area (Å²) in [7, 11) is 0. The Balaban J connectivity index is 1.44. The van der Waals surface area contributed by atoms with E-state index in [1.165, 1.54) is 6.42 Å². The third kappa shape index (κ3) is 2.87. The standard InChI is InChI=1S/C15H19F2N3O2S/c16-11(17)12-19-20-13(23-12)18-10(21)6-14-2-8-1-9(3-14)5-15(22,4-8)7-14/h8-9,11,22H,1-7H2,(H,18,20,21). The molecule has 2 atom stereocenters. The highest BCUT2D eigenvalue weighted by Gasteiger charge is 2.57. The average molecular weight is 343 g/mol. The van der Waals surface area contributed by atoms with Crippen molar-refractivity contribution in [2.75, 3.05) is 5.32 Å². The summed E-state index contributed by atoms with van der Waals surface area (Å²) in [5, 5.41) is 20.0. The van der Waals surface area contributed by atoms with Crippen molar-refractivity contribution < 1.29 is 18.7 Å². The molecule has 1 amide bonds. The Bertz CT molecular complexity index is 622. The van der Waals surface area contributed by atoms with Gasteiger partial charge in [-0.05, 0) is 55.8 Å². The third-order valence-corrected chi connectivity index (χ3v) is 6.41. The van der Waals surface area contributed by atoms with Gasteiger partial charge in [0.25, 0.3) is 6.43 Å². The van der Waals surface area contributed by atoms with Gasteiger partial charge >= 0.3 is 0 Å². The van der Waals surface area contributed by atoms with Crippen LogP contribution in [0, 0.1) is 17.3 Å². The largest absolute Gasteiger partial charge is 0.390 e. The number of nitrogens with zero attached hydrogens (tertiary/aromatic N) is 2. The van der Waals surface area contributed by atoms with E-state index < -0.39 is 12.0 Å². The number of hydrogen-bond donors (Lipinski definition) is 2. The summed E-state index contributed by atoms with van der Waals surface area (Å²) in [6.45, 7) is 0. The molecule has 0 spiro atoms. The summed E-state index contributed by atoms with van der Waals surface area (Å²) in [6, 6.07) is 0.